The van der Waals surface area contributed by atoms with Crippen LogP contribution in [-0.2, 0) is 20.2 Å². The van der Waals surface area contributed by atoms with Gasteiger partial charge in [0.1, 0.15) is 5.75 Å². The standard InChI is InChI=1S/C20H13NO3.C7H9N.2CH4O3S.2Na/c22-16-11-10-15(21-12-6-2-1-3-7-12)17-18(16)20(24)14-9-5-4-8-13(14)19(17)23;1-8-7-5-3-2-4-6-7;2*1-5(2,3)4;;/h1-11,21-22H;2-6,8H,1H3;2*1H3,(H,2,3,4);;/q;;;;2*+1/p-2. The molecule has 0 amide bonds. The Balaban J connectivity index is 0.000000764. The quantitative estimate of drug-likeness (QED) is 0.110. The molecule has 1 aliphatic rings. The number of carbonyl (C=O) groups excluding carboxylic acids is 2. The van der Waals surface area contributed by atoms with Crippen LogP contribution in [-0.4, -0.2) is 62.2 Å². The van der Waals surface area contributed by atoms with Crippen molar-refractivity contribution in [2.45, 2.75) is 0 Å². The number of anilines is 3. The number of phenolic OH excluding ortho intramolecular Hbond substituents is 1. The summed E-state index contributed by atoms with van der Waals surface area (Å²) >= 11 is 0. The van der Waals surface area contributed by atoms with Gasteiger partial charge in [0.05, 0.1) is 37.1 Å². The van der Waals surface area contributed by atoms with Crippen LogP contribution in [0.5, 0.6) is 5.75 Å². The van der Waals surface area contributed by atoms with Gasteiger partial charge in [-0.1, -0.05) is 60.7 Å². The number of para-hydroxylation sites is 2. The van der Waals surface area contributed by atoms with Crippen LogP contribution in [0.4, 0.5) is 17.1 Å². The molecule has 4 aromatic rings. The number of ketones is 2. The van der Waals surface area contributed by atoms with Gasteiger partial charge in [0, 0.05) is 42.1 Å². The van der Waals surface area contributed by atoms with E-state index in [1.807, 2.05) is 67.7 Å². The summed E-state index contributed by atoms with van der Waals surface area (Å²) in [5, 5.41) is 16.3. The van der Waals surface area contributed by atoms with E-state index in [1.54, 1.807) is 30.3 Å². The van der Waals surface area contributed by atoms with Crippen molar-refractivity contribution in [2.24, 2.45) is 0 Å². The Labute approximate surface area is 301 Å². The third-order valence-corrected chi connectivity index (χ3v) is 5.17. The number of nitrogens with one attached hydrogen (secondary N) is 2. The predicted octanol–water partition coefficient (Wildman–Crippen LogP) is -2.03. The number of hydrogen-bond donors (Lipinski definition) is 3. The van der Waals surface area contributed by atoms with E-state index < -0.39 is 20.2 Å². The monoisotopic (exact) mass is 658 g/mol. The smallest absolute Gasteiger partial charge is 0.748 e. The predicted molar refractivity (Wildman–Crippen MR) is 158 cm³/mol. The molecule has 4 aromatic carbocycles. The first-order valence-electron chi connectivity index (χ1n) is 12.0. The molecule has 0 spiro atoms. The van der Waals surface area contributed by atoms with Crippen molar-refractivity contribution in [3.05, 3.63) is 119 Å². The Morgan fingerprint density at radius 1 is 0.591 bits per heavy atom. The van der Waals surface area contributed by atoms with Crippen molar-refractivity contribution >= 4 is 48.9 Å². The fourth-order valence-electron chi connectivity index (χ4n) is 3.59. The van der Waals surface area contributed by atoms with Crippen LogP contribution >= 0.6 is 0 Å². The second kappa shape index (κ2) is 19.1. The third kappa shape index (κ3) is 14.5. The molecule has 3 N–H and O–H groups in total. The zero-order chi connectivity index (χ0) is 31.5. The Morgan fingerprint density at radius 2 is 0.955 bits per heavy atom. The van der Waals surface area contributed by atoms with E-state index in [2.05, 4.69) is 10.6 Å². The van der Waals surface area contributed by atoms with Gasteiger partial charge in [0.15, 0.2) is 11.6 Å². The molecule has 5 rings (SSSR count). The summed E-state index contributed by atoms with van der Waals surface area (Å²) in [5.74, 6) is -0.791. The molecule has 222 valence electrons. The summed E-state index contributed by atoms with van der Waals surface area (Å²) < 4.78 is 54.5. The minimum Gasteiger partial charge on any atom is -0.748 e. The molecule has 0 heterocycles. The normalized spacial score (nSPS) is 11.0. The number of carbonyl (C=O) groups is 2. The summed E-state index contributed by atoms with van der Waals surface area (Å²) in [4.78, 5) is 25.7. The Bertz CT molecular complexity index is 1710. The second-order valence-corrected chi connectivity index (χ2v) is 11.4. The Kier molecular flexibility index (Phi) is 18.0. The first kappa shape index (κ1) is 41.4. The summed E-state index contributed by atoms with van der Waals surface area (Å²) in [6.07, 6.45) is 1.21. The van der Waals surface area contributed by atoms with E-state index in [0.717, 1.165) is 11.4 Å². The Hall–Kier alpha value is -2.56. The summed E-state index contributed by atoms with van der Waals surface area (Å²) in [6, 6.07) is 29.1. The van der Waals surface area contributed by atoms with Gasteiger partial charge >= 0.3 is 59.1 Å². The van der Waals surface area contributed by atoms with Crippen molar-refractivity contribution in [1.29, 1.82) is 0 Å². The molecule has 0 saturated carbocycles. The van der Waals surface area contributed by atoms with Gasteiger partial charge in [0.25, 0.3) is 0 Å². The van der Waals surface area contributed by atoms with Crippen LogP contribution in [0, 0.1) is 0 Å². The van der Waals surface area contributed by atoms with E-state index in [1.165, 1.54) is 6.07 Å². The van der Waals surface area contributed by atoms with Crippen molar-refractivity contribution in [1.82, 2.24) is 0 Å². The molecular formula is C29H28N2Na2O9S2. The fraction of sp³-hybridized carbons (Fsp3) is 0.103. The van der Waals surface area contributed by atoms with Gasteiger partial charge in [-0.05, 0) is 36.4 Å². The molecule has 44 heavy (non-hydrogen) atoms. The molecule has 0 fully saturated rings. The van der Waals surface area contributed by atoms with Crippen molar-refractivity contribution in [3.8, 4) is 5.75 Å². The number of aromatic hydroxyl groups is 1. The third-order valence-electron chi connectivity index (χ3n) is 5.17. The molecule has 0 aromatic heterocycles. The van der Waals surface area contributed by atoms with Gasteiger partial charge in [-0.2, -0.15) is 0 Å². The topological polar surface area (TPSA) is 193 Å². The van der Waals surface area contributed by atoms with Crippen LogP contribution in [0.15, 0.2) is 97.1 Å². The van der Waals surface area contributed by atoms with Gasteiger partial charge in [-0.3, -0.25) is 9.59 Å². The largest absolute Gasteiger partial charge is 1.00 e. The van der Waals surface area contributed by atoms with Crippen LogP contribution in [0.2, 0.25) is 0 Å². The maximum absolute atomic E-state index is 12.9. The van der Waals surface area contributed by atoms with E-state index in [4.69, 9.17) is 25.9 Å². The van der Waals surface area contributed by atoms with Gasteiger partial charge in [-0.25, -0.2) is 16.8 Å². The van der Waals surface area contributed by atoms with Gasteiger partial charge in [0.2, 0.25) is 0 Å². The van der Waals surface area contributed by atoms with E-state index >= 15 is 0 Å². The van der Waals surface area contributed by atoms with E-state index in [0.29, 0.717) is 29.3 Å². The molecule has 1 aliphatic carbocycles. The average molecular weight is 659 g/mol. The van der Waals surface area contributed by atoms with E-state index in [-0.39, 0.29) is 87.6 Å². The van der Waals surface area contributed by atoms with Crippen LogP contribution in [0.1, 0.15) is 31.8 Å². The zero-order valence-electron chi connectivity index (χ0n) is 24.8. The van der Waals surface area contributed by atoms with Gasteiger partial charge in [-0.15, -0.1) is 0 Å². The number of benzene rings is 4. The molecular weight excluding hydrogens is 630 g/mol. The molecule has 0 unspecified atom stereocenters. The summed E-state index contributed by atoms with van der Waals surface area (Å²) in [7, 11) is -5.92. The SMILES string of the molecule is CNc1ccccc1.CS(=O)(=O)[O-].CS(=O)(=O)[O-].O=C1c2ccccc2C(=O)c2c(Nc3ccccc3)ccc(O)c21.[Na+].[Na+]. The maximum Gasteiger partial charge on any atom is 1.00 e. The first-order valence-corrected chi connectivity index (χ1v) is 15.6. The number of phenols is 1. The minimum atomic E-state index is -3.92. The van der Waals surface area contributed by atoms with Crippen molar-refractivity contribution < 1.29 is 99.8 Å². The first-order chi connectivity index (χ1) is 19.6. The summed E-state index contributed by atoms with van der Waals surface area (Å²) in [6.45, 7) is 0. The van der Waals surface area contributed by atoms with Crippen molar-refractivity contribution in [2.75, 3.05) is 30.2 Å². The van der Waals surface area contributed by atoms with Crippen LogP contribution in [0.3, 0.4) is 0 Å². The fourth-order valence-corrected chi connectivity index (χ4v) is 3.59. The molecule has 0 bridgehead atoms. The molecule has 0 saturated heterocycles. The maximum atomic E-state index is 12.9. The molecule has 0 atom stereocenters. The minimum absolute atomic E-state index is 0. The molecule has 0 aliphatic heterocycles. The molecule has 0 radical (unpaired) electrons. The van der Waals surface area contributed by atoms with Gasteiger partial charge < -0.3 is 24.8 Å². The van der Waals surface area contributed by atoms with Crippen molar-refractivity contribution in [3.63, 3.8) is 0 Å². The van der Waals surface area contributed by atoms with E-state index in [9.17, 15) is 14.7 Å². The molecule has 11 nitrogen and oxygen atoms in total. The average Bonchev–Trinajstić information content (AvgIpc) is 2.92. The zero-order valence-corrected chi connectivity index (χ0v) is 30.4. The molecule has 15 heteroatoms. The Morgan fingerprint density at radius 3 is 1.34 bits per heavy atom. The van der Waals surface area contributed by atoms with Crippen LogP contribution < -0.4 is 69.7 Å². The van der Waals surface area contributed by atoms with Crippen LogP contribution in [0.25, 0.3) is 0 Å². The second-order valence-electron chi connectivity index (χ2n) is 8.60. The number of rotatable bonds is 3. The number of hydrogen-bond acceptors (Lipinski definition) is 11. The summed E-state index contributed by atoms with van der Waals surface area (Å²) in [5.41, 5.74) is 3.40. The number of fused-ring (bicyclic) bond motifs is 2.